The van der Waals surface area contributed by atoms with Gasteiger partial charge in [0.05, 0.1) is 29.8 Å². The Hall–Kier alpha value is -2.26. The van der Waals surface area contributed by atoms with Gasteiger partial charge in [-0.05, 0) is 49.5 Å². The van der Waals surface area contributed by atoms with Gasteiger partial charge in [0.2, 0.25) is 5.91 Å². The lowest BCUT2D eigenvalue weighted by atomic mass is 9.59. The number of pyridine rings is 1. The number of nitriles is 1. The van der Waals surface area contributed by atoms with E-state index < -0.39 is 5.41 Å². The number of methoxy groups -OCH3 is 1. The van der Waals surface area contributed by atoms with E-state index in [1.54, 1.807) is 13.3 Å². The van der Waals surface area contributed by atoms with Gasteiger partial charge >= 0.3 is 0 Å². The first-order valence-electron chi connectivity index (χ1n) is 11.5. The fourth-order valence-electron chi connectivity index (χ4n) is 7.07. The predicted octanol–water partition coefficient (Wildman–Crippen LogP) is 5.36. The molecule has 170 valence electrons. The molecule has 0 radical (unpaired) electrons. The van der Waals surface area contributed by atoms with Crippen molar-refractivity contribution in [3.05, 3.63) is 23.0 Å². The number of carbonyl (C=O) groups excluding carboxylic acids is 1. The first-order valence-corrected chi connectivity index (χ1v) is 11.9. The highest BCUT2D eigenvalue weighted by molar-refractivity contribution is 6.37. The molecule has 4 aliphatic rings. The first-order chi connectivity index (χ1) is 15.1. The molecule has 2 aliphatic heterocycles. The molecule has 4 atom stereocenters. The number of carbonyl (C=O) groups is 1. The lowest BCUT2D eigenvalue weighted by Gasteiger charge is -2.54. The molecule has 4 fully saturated rings. The van der Waals surface area contributed by atoms with Gasteiger partial charge in [0.15, 0.2) is 5.75 Å². The maximum Gasteiger partial charge on any atom is 0.223 e. The van der Waals surface area contributed by atoms with Crippen molar-refractivity contribution in [2.45, 2.75) is 83.2 Å². The van der Waals surface area contributed by atoms with Gasteiger partial charge in [-0.2, -0.15) is 5.26 Å². The lowest BCUT2D eigenvalue weighted by molar-refractivity contribution is -0.145. The average molecular weight is 455 g/mol. The van der Waals surface area contributed by atoms with Crippen LogP contribution in [0, 0.1) is 22.2 Å². The van der Waals surface area contributed by atoms with Crippen LogP contribution in [-0.2, 0) is 10.2 Å². The SMILES string of the molecule is COc1cnc2[nH]cc(C(C)(C)CC(=O)N3C4CCC5(C#N)CC3CC(C)(C4)C5)c2c1Cl. The van der Waals surface area contributed by atoms with Crippen LogP contribution in [0.4, 0.5) is 0 Å². The highest BCUT2D eigenvalue weighted by Crippen LogP contribution is 2.59. The quantitative estimate of drug-likeness (QED) is 0.674. The van der Waals surface area contributed by atoms with Crippen molar-refractivity contribution in [2.24, 2.45) is 10.8 Å². The molecular formula is C25H31ClN4O2. The highest BCUT2D eigenvalue weighted by atomic mass is 35.5. The Morgan fingerprint density at radius 2 is 2.16 bits per heavy atom. The fourth-order valence-corrected chi connectivity index (χ4v) is 7.39. The van der Waals surface area contributed by atoms with Crippen LogP contribution in [0.3, 0.4) is 0 Å². The molecule has 0 spiro atoms. The van der Waals surface area contributed by atoms with Crippen LogP contribution in [0.15, 0.2) is 12.4 Å². The van der Waals surface area contributed by atoms with Crippen molar-refractivity contribution in [3.8, 4) is 11.8 Å². The van der Waals surface area contributed by atoms with E-state index in [9.17, 15) is 10.1 Å². The molecule has 2 aliphatic carbocycles. The number of piperidine rings is 1. The summed E-state index contributed by atoms with van der Waals surface area (Å²) in [5, 5.41) is 11.3. The van der Waals surface area contributed by atoms with Gasteiger partial charge < -0.3 is 14.6 Å². The molecule has 6 nitrogen and oxygen atoms in total. The van der Waals surface area contributed by atoms with Gasteiger partial charge in [-0.25, -0.2) is 4.98 Å². The second kappa shape index (κ2) is 7.12. The largest absolute Gasteiger partial charge is 0.494 e. The van der Waals surface area contributed by atoms with Crippen molar-refractivity contribution >= 4 is 28.5 Å². The van der Waals surface area contributed by atoms with Crippen LogP contribution in [0.25, 0.3) is 11.0 Å². The van der Waals surface area contributed by atoms with Crippen molar-refractivity contribution in [2.75, 3.05) is 7.11 Å². The van der Waals surface area contributed by atoms with Gasteiger partial charge in [-0.1, -0.05) is 32.4 Å². The van der Waals surface area contributed by atoms with E-state index in [1.807, 2.05) is 6.20 Å². The standard InChI is InChI=1S/C25H31ClN4O2/c1-23(2,17-11-28-22-20(17)21(26)18(32-4)12-29-22)10-19(31)30-15-5-6-25(14-27)9-16(30)8-24(3,7-15)13-25/h11-12,15-16H,5-10,13H2,1-4H3,(H,28,29). The summed E-state index contributed by atoms with van der Waals surface area (Å²) in [4.78, 5) is 23.6. The van der Waals surface area contributed by atoms with Crippen molar-refractivity contribution in [3.63, 3.8) is 0 Å². The van der Waals surface area contributed by atoms with E-state index in [-0.39, 0.29) is 28.8 Å². The van der Waals surface area contributed by atoms with E-state index in [0.717, 1.165) is 49.5 Å². The Morgan fingerprint density at radius 1 is 1.41 bits per heavy atom. The Bertz CT molecular complexity index is 1130. The molecule has 4 unspecified atom stereocenters. The molecule has 2 aromatic rings. The molecule has 1 amide bonds. The molecular weight excluding hydrogens is 424 g/mol. The number of aromatic nitrogens is 2. The minimum Gasteiger partial charge on any atom is -0.494 e. The molecule has 7 heteroatoms. The van der Waals surface area contributed by atoms with Crippen LogP contribution in [0.1, 0.15) is 71.3 Å². The third-order valence-electron chi connectivity index (χ3n) is 8.26. The number of nitrogens with zero attached hydrogens (tertiary/aromatic N) is 3. The van der Waals surface area contributed by atoms with Crippen molar-refractivity contribution < 1.29 is 9.53 Å². The van der Waals surface area contributed by atoms with Gasteiger partial charge in [-0.3, -0.25) is 4.79 Å². The summed E-state index contributed by atoms with van der Waals surface area (Å²) in [5.41, 5.74) is 1.15. The zero-order chi connectivity index (χ0) is 22.9. The molecule has 4 heterocycles. The fraction of sp³-hybridized carbons (Fsp3) is 0.640. The number of hydrogen-bond acceptors (Lipinski definition) is 4. The van der Waals surface area contributed by atoms with E-state index in [1.165, 1.54) is 0 Å². The second-order valence-electron chi connectivity index (χ2n) is 11.3. The Balaban J connectivity index is 1.46. The molecule has 2 saturated heterocycles. The van der Waals surface area contributed by atoms with Crippen LogP contribution in [0.2, 0.25) is 5.02 Å². The molecule has 6 rings (SSSR count). The maximum atomic E-state index is 13.8. The summed E-state index contributed by atoms with van der Waals surface area (Å²) in [7, 11) is 1.58. The van der Waals surface area contributed by atoms with Gasteiger partial charge in [-0.15, -0.1) is 0 Å². The summed E-state index contributed by atoms with van der Waals surface area (Å²) < 4.78 is 5.36. The van der Waals surface area contributed by atoms with Crippen LogP contribution in [-0.4, -0.2) is 40.0 Å². The van der Waals surface area contributed by atoms with E-state index in [4.69, 9.17) is 16.3 Å². The van der Waals surface area contributed by atoms with Crippen LogP contribution < -0.4 is 4.74 Å². The highest BCUT2D eigenvalue weighted by Gasteiger charge is 2.57. The van der Waals surface area contributed by atoms with E-state index in [0.29, 0.717) is 22.8 Å². The number of aromatic amines is 1. The number of hydrogen-bond donors (Lipinski definition) is 1. The summed E-state index contributed by atoms with van der Waals surface area (Å²) >= 11 is 6.64. The second-order valence-corrected chi connectivity index (χ2v) is 11.6. The minimum absolute atomic E-state index is 0.172. The van der Waals surface area contributed by atoms with Gasteiger partial charge in [0.25, 0.3) is 0 Å². The number of amides is 1. The number of H-pyrrole nitrogens is 1. The molecule has 4 bridgehead atoms. The maximum absolute atomic E-state index is 13.8. The minimum atomic E-state index is -0.437. The van der Waals surface area contributed by atoms with Crippen LogP contribution >= 0.6 is 11.6 Å². The molecule has 0 aromatic carbocycles. The Morgan fingerprint density at radius 3 is 2.88 bits per heavy atom. The molecule has 1 N–H and O–H groups in total. The number of nitrogens with one attached hydrogen (secondary N) is 1. The molecule has 32 heavy (non-hydrogen) atoms. The zero-order valence-electron chi connectivity index (χ0n) is 19.3. The summed E-state index contributed by atoms with van der Waals surface area (Å²) in [6, 6.07) is 3.08. The molecule has 2 aromatic heterocycles. The van der Waals surface area contributed by atoms with E-state index in [2.05, 4.69) is 41.7 Å². The number of rotatable bonds is 4. The van der Waals surface area contributed by atoms with Crippen molar-refractivity contribution in [1.29, 1.82) is 5.26 Å². The number of fused-ring (bicyclic) bond motifs is 2. The summed E-state index contributed by atoms with van der Waals surface area (Å²) in [5.74, 6) is 0.711. The average Bonchev–Trinajstić information content (AvgIpc) is 3.09. The van der Waals surface area contributed by atoms with Gasteiger partial charge in [0, 0.05) is 35.5 Å². The van der Waals surface area contributed by atoms with Gasteiger partial charge in [0.1, 0.15) is 5.65 Å². The topological polar surface area (TPSA) is 82.0 Å². The third kappa shape index (κ3) is 3.20. The zero-order valence-corrected chi connectivity index (χ0v) is 20.1. The van der Waals surface area contributed by atoms with Crippen molar-refractivity contribution in [1.82, 2.24) is 14.9 Å². The Kier molecular flexibility index (Phi) is 4.80. The summed E-state index contributed by atoms with van der Waals surface area (Å²) in [6.45, 7) is 6.50. The number of ether oxygens (including phenoxy) is 1. The van der Waals surface area contributed by atoms with E-state index >= 15 is 0 Å². The normalized spacial score (nSPS) is 31.6. The molecule has 2 saturated carbocycles. The monoisotopic (exact) mass is 454 g/mol. The number of halogens is 1. The smallest absolute Gasteiger partial charge is 0.223 e. The van der Waals surface area contributed by atoms with Crippen LogP contribution in [0.5, 0.6) is 5.75 Å². The predicted molar refractivity (Wildman–Crippen MR) is 124 cm³/mol. The first kappa shape index (κ1) is 21.6. The summed E-state index contributed by atoms with van der Waals surface area (Å²) in [6.07, 6.45) is 9.60. The Labute approximate surface area is 194 Å². The lowest BCUT2D eigenvalue weighted by Crippen LogP contribution is -2.57. The third-order valence-corrected chi connectivity index (χ3v) is 8.64.